The van der Waals surface area contributed by atoms with Gasteiger partial charge in [-0.15, -0.1) is 0 Å². The zero-order valence-corrected chi connectivity index (χ0v) is 14.1. The smallest absolute Gasteiger partial charge is 0.190 e. The summed E-state index contributed by atoms with van der Waals surface area (Å²) in [5.74, 6) is -0.393. The van der Waals surface area contributed by atoms with Crippen molar-refractivity contribution in [3.8, 4) is 0 Å². The molecule has 24 heavy (non-hydrogen) atoms. The van der Waals surface area contributed by atoms with Gasteiger partial charge in [-0.3, -0.25) is 4.84 Å². The molecule has 1 aromatic rings. The maximum Gasteiger partial charge on any atom is 0.190 e. The average Bonchev–Trinajstić information content (AvgIpc) is 3.15. The Kier molecular flexibility index (Phi) is 3.33. The number of nitrogens with zero attached hydrogens (tertiary/aromatic N) is 1. The van der Waals surface area contributed by atoms with Crippen LogP contribution < -0.4 is 0 Å². The molecular weight excluding hydrogens is 310 g/mol. The molecule has 0 unspecified atom stereocenters. The summed E-state index contributed by atoms with van der Waals surface area (Å²) in [6, 6.07) is 10.4. The van der Waals surface area contributed by atoms with Crippen molar-refractivity contribution in [2.24, 2.45) is 5.92 Å². The number of hydrogen-bond acceptors (Lipinski definition) is 6. The van der Waals surface area contributed by atoms with Gasteiger partial charge in [0.05, 0.1) is 12.6 Å². The van der Waals surface area contributed by atoms with Gasteiger partial charge in [-0.25, -0.2) is 0 Å². The standard InChI is InChI=1S/C18H23NO5/c1-18(2)22-16-15-14(21-17(16)23-18)12-11(9-20-15)13(24-19(12)3)10-7-5-4-6-8-10/h4-8,11-17H,9H2,1-3H3/t11-,12-,13+,14+,15-,16+,17+/m0/s1. The van der Waals surface area contributed by atoms with Crippen LogP contribution in [0.2, 0.25) is 0 Å². The van der Waals surface area contributed by atoms with E-state index in [0.717, 1.165) is 0 Å². The normalized spacial score (nSPS) is 46.5. The van der Waals surface area contributed by atoms with Gasteiger partial charge in [0, 0.05) is 13.0 Å². The Bertz CT molecular complexity index is 623. The third-order valence-corrected chi connectivity index (χ3v) is 5.50. The maximum absolute atomic E-state index is 6.20. The quantitative estimate of drug-likeness (QED) is 0.782. The van der Waals surface area contributed by atoms with E-state index in [1.807, 2.05) is 44.2 Å². The van der Waals surface area contributed by atoms with Gasteiger partial charge in [0.2, 0.25) is 0 Å². The van der Waals surface area contributed by atoms with Crippen molar-refractivity contribution < 1.29 is 23.8 Å². The topological polar surface area (TPSA) is 49.4 Å². The Balaban J connectivity index is 1.41. The third kappa shape index (κ3) is 2.18. The monoisotopic (exact) mass is 333 g/mol. The Labute approximate surface area is 141 Å². The molecule has 0 amide bonds. The number of rotatable bonds is 1. The lowest BCUT2D eigenvalue weighted by Gasteiger charge is -2.38. The summed E-state index contributed by atoms with van der Waals surface area (Å²) >= 11 is 0. The Morgan fingerprint density at radius 1 is 1.04 bits per heavy atom. The fraction of sp³-hybridized carbons (Fsp3) is 0.667. The Morgan fingerprint density at radius 3 is 2.62 bits per heavy atom. The first-order valence-electron chi connectivity index (χ1n) is 8.61. The molecule has 0 radical (unpaired) electrons. The Morgan fingerprint density at radius 2 is 1.83 bits per heavy atom. The van der Waals surface area contributed by atoms with Crippen molar-refractivity contribution >= 4 is 0 Å². The molecule has 0 N–H and O–H groups in total. The van der Waals surface area contributed by atoms with Gasteiger partial charge < -0.3 is 18.9 Å². The molecule has 0 bridgehead atoms. The number of hydroxylamine groups is 2. The molecular formula is C18H23NO5. The van der Waals surface area contributed by atoms with Crippen molar-refractivity contribution in [3.63, 3.8) is 0 Å². The van der Waals surface area contributed by atoms with E-state index >= 15 is 0 Å². The maximum atomic E-state index is 6.20. The van der Waals surface area contributed by atoms with Gasteiger partial charge in [0.25, 0.3) is 0 Å². The van der Waals surface area contributed by atoms with E-state index in [0.29, 0.717) is 6.61 Å². The van der Waals surface area contributed by atoms with E-state index in [1.54, 1.807) is 0 Å². The molecule has 7 atom stereocenters. The number of likely N-dealkylation sites (N-methyl/N-ethyl adjacent to an activating group) is 1. The van der Waals surface area contributed by atoms with E-state index in [9.17, 15) is 0 Å². The first kappa shape index (κ1) is 15.3. The van der Waals surface area contributed by atoms with E-state index in [1.165, 1.54) is 5.56 Å². The molecule has 5 rings (SSSR count). The number of fused-ring (bicyclic) bond motifs is 5. The summed E-state index contributed by atoms with van der Waals surface area (Å²) in [5.41, 5.74) is 1.17. The second kappa shape index (κ2) is 5.24. The SMILES string of the molecule is CN1O[C@H](c2ccccc2)[C@H]2CO[C@@H]3[C@H]4OC(C)(C)O[C@H]4O[C@@H]3[C@H]21. The summed E-state index contributed by atoms with van der Waals surface area (Å²) in [4.78, 5) is 6.16. The lowest BCUT2D eigenvalue weighted by atomic mass is 9.84. The van der Waals surface area contributed by atoms with Crippen LogP contribution in [-0.2, 0) is 23.8 Å². The molecule has 0 saturated carbocycles. The Hall–Kier alpha value is -1.02. The van der Waals surface area contributed by atoms with Crippen molar-refractivity contribution in [2.45, 2.75) is 56.4 Å². The van der Waals surface area contributed by atoms with Gasteiger partial charge >= 0.3 is 0 Å². The largest absolute Gasteiger partial charge is 0.372 e. The van der Waals surface area contributed by atoms with Crippen molar-refractivity contribution in [1.82, 2.24) is 5.06 Å². The summed E-state index contributed by atoms with van der Waals surface area (Å²) in [7, 11) is 1.98. The fourth-order valence-corrected chi connectivity index (χ4v) is 4.55. The third-order valence-electron chi connectivity index (χ3n) is 5.50. The van der Waals surface area contributed by atoms with Crippen LogP contribution in [0.4, 0.5) is 0 Å². The van der Waals surface area contributed by atoms with Crippen molar-refractivity contribution in [2.75, 3.05) is 13.7 Å². The van der Waals surface area contributed by atoms with Crippen LogP contribution in [-0.4, -0.2) is 55.1 Å². The number of ether oxygens (including phenoxy) is 4. The highest BCUT2D eigenvalue weighted by molar-refractivity contribution is 5.21. The second-order valence-corrected chi connectivity index (χ2v) is 7.50. The predicted octanol–water partition coefficient (Wildman–Crippen LogP) is 1.86. The molecule has 1 aromatic carbocycles. The summed E-state index contributed by atoms with van der Waals surface area (Å²) in [6.45, 7) is 4.45. The van der Waals surface area contributed by atoms with E-state index in [4.69, 9.17) is 23.8 Å². The van der Waals surface area contributed by atoms with Crippen LogP contribution in [0, 0.1) is 5.92 Å². The van der Waals surface area contributed by atoms with Crippen LogP contribution in [0.1, 0.15) is 25.5 Å². The minimum atomic E-state index is -0.620. The van der Waals surface area contributed by atoms with Gasteiger partial charge in [-0.1, -0.05) is 30.3 Å². The first-order chi connectivity index (χ1) is 11.5. The van der Waals surface area contributed by atoms with Crippen LogP contribution in [0.3, 0.4) is 0 Å². The zero-order chi connectivity index (χ0) is 16.5. The molecule has 4 aliphatic heterocycles. The highest BCUT2D eigenvalue weighted by Gasteiger charge is 2.63. The fourth-order valence-electron chi connectivity index (χ4n) is 4.55. The van der Waals surface area contributed by atoms with Gasteiger partial charge in [-0.05, 0) is 19.4 Å². The van der Waals surface area contributed by atoms with Gasteiger partial charge in [0.1, 0.15) is 24.4 Å². The van der Waals surface area contributed by atoms with Crippen LogP contribution in [0.15, 0.2) is 30.3 Å². The molecule has 6 nitrogen and oxygen atoms in total. The van der Waals surface area contributed by atoms with Crippen LogP contribution >= 0.6 is 0 Å². The molecule has 0 spiro atoms. The van der Waals surface area contributed by atoms with Crippen LogP contribution in [0.25, 0.3) is 0 Å². The second-order valence-electron chi connectivity index (χ2n) is 7.50. The molecule has 4 heterocycles. The minimum absolute atomic E-state index is 0.00975. The molecule has 4 saturated heterocycles. The zero-order valence-electron chi connectivity index (χ0n) is 14.1. The summed E-state index contributed by atoms with van der Waals surface area (Å²) in [6.07, 6.45) is -0.760. The lowest BCUT2D eigenvalue weighted by molar-refractivity contribution is -0.243. The predicted molar refractivity (Wildman–Crippen MR) is 83.7 cm³/mol. The summed E-state index contributed by atoms with van der Waals surface area (Å²) < 4.78 is 24.3. The molecule has 130 valence electrons. The van der Waals surface area contributed by atoms with E-state index < -0.39 is 5.79 Å². The van der Waals surface area contributed by atoms with Gasteiger partial charge in [0.15, 0.2) is 12.1 Å². The molecule has 4 aliphatic rings. The van der Waals surface area contributed by atoms with E-state index in [-0.39, 0.29) is 42.7 Å². The van der Waals surface area contributed by atoms with Gasteiger partial charge in [-0.2, -0.15) is 5.06 Å². The lowest BCUT2D eigenvalue weighted by Crippen LogP contribution is -2.54. The molecule has 4 fully saturated rings. The highest BCUT2D eigenvalue weighted by atomic mass is 16.8. The number of benzene rings is 1. The van der Waals surface area contributed by atoms with Crippen molar-refractivity contribution in [1.29, 1.82) is 0 Å². The minimum Gasteiger partial charge on any atom is -0.372 e. The summed E-state index contributed by atoms with van der Waals surface area (Å²) in [5, 5.41) is 1.94. The van der Waals surface area contributed by atoms with Crippen molar-refractivity contribution in [3.05, 3.63) is 35.9 Å². The van der Waals surface area contributed by atoms with E-state index in [2.05, 4.69) is 12.1 Å². The van der Waals surface area contributed by atoms with Crippen LogP contribution in [0.5, 0.6) is 0 Å². The molecule has 6 heteroatoms. The average molecular weight is 333 g/mol. The molecule has 0 aliphatic carbocycles. The highest BCUT2D eigenvalue weighted by Crippen LogP contribution is 2.49. The first-order valence-corrected chi connectivity index (χ1v) is 8.61. The molecule has 0 aromatic heterocycles. The number of hydrogen-bond donors (Lipinski definition) is 0.